The molecular formula is C13H16S2. The quantitative estimate of drug-likeness (QED) is 0.732. The second-order valence-corrected chi connectivity index (χ2v) is 5.87. The summed E-state index contributed by atoms with van der Waals surface area (Å²) in [6, 6.07) is 6.81. The van der Waals surface area contributed by atoms with Crippen LogP contribution in [-0.2, 0) is 19.3 Å². The monoisotopic (exact) mass is 236 g/mol. The molecule has 0 bridgehead atoms. The van der Waals surface area contributed by atoms with Gasteiger partial charge < -0.3 is 0 Å². The van der Waals surface area contributed by atoms with Crippen LogP contribution < -0.4 is 0 Å². The average molecular weight is 236 g/mol. The second kappa shape index (κ2) is 4.95. The number of thiophene rings is 2. The molecule has 0 amide bonds. The molecule has 0 N–H and O–H groups in total. The molecule has 0 saturated heterocycles. The van der Waals surface area contributed by atoms with Crippen molar-refractivity contribution >= 4 is 22.7 Å². The largest absolute Gasteiger partial charge is 0.149 e. The molecule has 0 spiro atoms. The van der Waals surface area contributed by atoms with Gasteiger partial charge in [0.1, 0.15) is 0 Å². The van der Waals surface area contributed by atoms with Gasteiger partial charge in [-0.25, -0.2) is 0 Å². The number of hydrogen-bond acceptors (Lipinski definition) is 2. The molecule has 0 aliphatic carbocycles. The van der Waals surface area contributed by atoms with Gasteiger partial charge in [-0.15, -0.1) is 22.7 Å². The summed E-state index contributed by atoms with van der Waals surface area (Å²) >= 11 is 3.84. The maximum absolute atomic E-state index is 2.28. The van der Waals surface area contributed by atoms with Crippen LogP contribution in [0.4, 0.5) is 0 Å². The molecule has 0 aromatic carbocycles. The van der Waals surface area contributed by atoms with E-state index in [1.807, 2.05) is 22.7 Å². The van der Waals surface area contributed by atoms with Gasteiger partial charge in [0.05, 0.1) is 0 Å². The zero-order chi connectivity index (χ0) is 10.7. The summed E-state index contributed by atoms with van der Waals surface area (Å²) in [6.07, 6.45) is 3.45. The summed E-state index contributed by atoms with van der Waals surface area (Å²) in [4.78, 5) is 4.54. The van der Waals surface area contributed by atoms with Crippen molar-refractivity contribution in [2.45, 2.75) is 33.1 Å². The Morgan fingerprint density at radius 3 is 2.47 bits per heavy atom. The van der Waals surface area contributed by atoms with Gasteiger partial charge >= 0.3 is 0 Å². The van der Waals surface area contributed by atoms with Gasteiger partial charge in [-0.3, -0.25) is 0 Å². The van der Waals surface area contributed by atoms with E-state index in [0.717, 1.165) is 12.8 Å². The van der Waals surface area contributed by atoms with Crippen molar-refractivity contribution in [2.24, 2.45) is 0 Å². The van der Waals surface area contributed by atoms with E-state index < -0.39 is 0 Å². The maximum atomic E-state index is 2.28. The van der Waals surface area contributed by atoms with Gasteiger partial charge in [-0.1, -0.05) is 13.8 Å². The lowest BCUT2D eigenvalue weighted by Gasteiger charge is -1.98. The molecular weight excluding hydrogens is 220 g/mol. The highest BCUT2D eigenvalue weighted by molar-refractivity contribution is 7.12. The molecule has 0 atom stereocenters. The lowest BCUT2D eigenvalue weighted by molar-refractivity contribution is 1.12. The van der Waals surface area contributed by atoms with Gasteiger partial charge in [-0.2, -0.15) is 0 Å². The van der Waals surface area contributed by atoms with Crippen LogP contribution in [0.25, 0.3) is 0 Å². The van der Waals surface area contributed by atoms with E-state index in [1.165, 1.54) is 21.7 Å². The Kier molecular flexibility index (Phi) is 3.60. The minimum Gasteiger partial charge on any atom is -0.149 e. The predicted octanol–water partition coefficient (Wildman–Crippen LogP) is 4.53. The first kappa shape index (κ1) is 10.9. The zero-order valence-electron chi connectivity index (χ0n) is 9.25. The van der Waals surface area contributed by atoms with E-state index in [-0.39, 0.29) is 0 Å². The van der Waals surface area contributed by atoms with Gasteiger partial charge in [-0.05, 0) is 42.0 Å². The van der Waals surface area contributed by atoms with Crippen LogP contribution in [0.1, 0.15) is 34.0 Å². The molecule has 0 saturated carbocycles. The summed E-state index contributed by atoms with van der Waals surface area (Å²) in [6.45, 7) is 4.46. The molecule has 0 aliphatic heterocycles. The van der Waals surface area contributed by atoms with E-state index in [2.05, 4.69) is 37.4 Å². The third-order valence-electron chi connectivity index (χ3n) is 2.59. The van der Waals surface area contributed by atoms with E-state index in [1.54, 1.807) is 4.88 Å². The molecule has 15 heavy (non-hydrogen) atoms. The first-order chi connectivity index (χ1) is 7.33. The molecule has 2 aromatic rings. The Morgan fingerprint density at radius 1 is 1.00 bits per heavy atom. The standard InChI is InChI=1S/C13H16S2/c1-3-11-5-6-12(15-11)9-10-7-8-14-13(10)4-2/h5-8H,3-4,9H2,1-2H3. The van der Waals surface area contributed by atoms with Crippen LogP contribution in [0.15, 0.2) is 23.6 Å². The fourth-order valence-electron chi connectivity index (χ4n) is 1.73. The molecule has 80 valence electrons. The van der Waals surface area contributed by atoms with Crippen molar-refractivity contribution in [1.82, 2.24) is 0 Å². The molecule has 2 heteroatoms. The summed E-state index contributed by atoms with van der Waals surface area (Å²) in [5.74, 6) is 0. The van der Waals surface area contributed by atoms with Gasteiger partial charge in [0.15, 0.2) is 0 Å². The number of hydrogen-bond donors (Lipinski definition) is 0. The van der Waals surface area contributed by atoms with Crippen LogP contribution in [0, 0.1) is 0 Å². The van der Waals surface area contributed by atoms with E-state index in [9.17, 15) is 0 Å². The van der Waals surface area contributed by atoms with Crippen LogP contribution in [0.3, 0.4) is 0 Å². The molecule has 0 unspecified atom stereocenters. The molecule has 0 radical (unpaired) electrons. The van der Waals surface area contributed by atoms with E-state index in [0.29, 0.717) is 0 Å². The predicted molar refractivity (Wildman–Crippen MR) is 70.2 cm³/mol. The Labute approximate surface area is 99.6 Å². The van der Waals surface area contributed by atoms with Crippen molar-refractivity contribution in [1.29, 1.82) is 0 Å². The third kappa shape index (κ3) is 2.50. The molecule has 2 heterocycles. The summed E-state index contributed by atoms with van der Waals surface area (Å²) in [7, 11) is 0. The third-order valence-corrected chi connectivity index (χ3v) is 4.93. The molecule has 2 aromatic heterocycles. The minimum absolute atomic E-state index is 1.12. The second-order valence-electron chi connectivity index (χ2n) is 3.62. The number of aryl methyl sites for hydroxylation is 2. The SMILES string of the molecule is CCc1ccc(Cc2ccsc2CC)s1. The first-order valence-electron chi connectivity index (χ1n) is 5.46. The van der Waals surface area contributed by atoms with Crippen molar-refractivity contribution in [3.05, 3.63) is 43.8 Å². The summed E-state index contributed by atoms with van der Waals surface area (Å²) in [5, 5.41) is 2.21. The molecule has 0 aliphatic rings. The molecule has 0 fully saturated rings. The smallest absolute Gasteiger partial charge is 0.00924 e. The Balaban J connectivity index is 2.14. The van der Waals surface area contributed by atoms with Gasteiger partial charge in [0.25, 0.3) is 0 Å². The highest BCUT2D eigenvalue weighted by Gasteiger charge is 2.05. The van der Waals surface area contributed by atoms with Crippen LogP contribution >= 0.6 is 22.7 Å². The zero-order valence-corrected chi connectivity index (χ0v) is 10.9. The maximum Gasteiger partial charge on any atom is 0.00924 e. The Morgan fingerprint density at radius 2 is 1.80 bits per heavy atom. The van der Waals surface area contributed by atoms with E-state index in [4.69, 9.17) is 0 Å². The van der Waals surface area contributed by atoms with Crippen molar-refractivity contribution in [3.63, 3.8) is 0 Å². The normalized spacial score (nSPS) is 10.8. The lowest BCUT2D eigenvalue weighted by atomic mass is 10.1. The van der Waals surface area contributed by atoms with Crippen molar-refractivity contribution < 1.29 is 0 Å². The molecule has 0 nitrogen and oxygen atoms in total. The first-order valence-corrected chi connectivity index (χ1v) is 7.16. The number of rotatable bonds is 4. The summed E-state index contributed by atoms with van der Waals surface area (Å²) in [5.41, 5.74) is 1.52. The lowest BCUT2D eigenvalue weighted by Crippen LogP contribution is -1.86. The van der Waals surface area contributed by atoms with Crippen LogP contribution in [0.5, 0.6) is 0 Å². The molecule has 2 rings (SSSR count). The van der Waals surface area contributed by atoms with Crippen molar-refractivity contribution in [2.75, 3.05) is 0 Å². The fourth-order valence-corrected chi connectivity index (χ4v) is 3.57. The van der Waals surface area contributed by atoms with Crippen LogP contribution in [-0.4, -0.2) is 0 Å². The Hall–Kier alpha value is -0.600. The highest BCUT2D eigenvalue weighted by Crippen LogP contribution is 2.24. The average Bonchev–Trinajstić information content (AvgIpc) is 2.87. The van der Waals surface area contributed by atoms with Crippen molar-refractivity contribution in [3.8, 4) is 0 Å². The Bertz CT molecular complexity index is 423. The highest BCUT2D eigenvalue weighted by atomic mass is 32.1. The summed E-state index contributed by atoms with van der Waals surface area (Å²) < 4.78 is 0. The van der Waals surface area contributed by atoms with E-state index >= 15 is 0 Å². The minimum atomic E-state index is 1.12. The van der Waals surface area contributed by atoms with Crippen LogP contribution in [0.2, 0.25) is 0 Å². The fraction of sp³-hybridized carbons (Fsp3) is 0.385. The van der Waals surface area contributed by atoms with Gasteiger partial charge in [0, 0.05) is 21.1 Å². The topological polar surface area (TPSA) is 0 Å². The van der Waals surface area contributed by atoms with Gasteiger partial charge in [0.2, 0.25) is 0 Å².